The summed E-state index contributed by atoms with van der Waals surface area (Å²) in [5.74, 6) is 2.31. The molecule has 3 aromatic rings. The number of hydrogen-bond acceptors (Lipinski definition) is 5. The maximum absolute atomic E-state index is 13.0. The van der Waals surface area contributed by atoms with Crippen molar-refractivity contribution in [1.82, 2.24) is 0 Å². The summed E-state index contributed by atoms with van der Waals surface area (Å²) < 4.78 is 22.2. The third-order valence-corrected chi connectivity index (χ3v) is 5.48. The van der Waals surface area contributed by atoms with Crippen molar-refractivity contribution in [3.63, 3.8) is 0 Å². The third kappa shape index (κ3) is 5.71. The maximum Gasteiger partial charge on any atom is 0.255 e. The van der Waals surface area contributed by atoms with Crippen LogP contribution in [0.15, 0.2) is 54.6 Å². The van der Waals surface area contributed by atoms with Gasteiger partial charge in [0.2, 0.25) is 0 Å². The smallest absolute Gasteiger partial charge is 0.255 e. The standard InChI is InChI=1S/C26H28ClNO5/c1-16(2)19-8-6-7-9-23(19)33-15-18-12-17(10-11-22(18)30-3)26(29)28-21-14-24(31-4)20(27)13-25(21)32-5/h6-14,16H,15H2,1-5H3,(H,28,29). The molecule has 7 heteroatoms. The highest BCUT2D eigenvalue weighted by atomic mass is 35.5. The molecule has 0 heterocycles. The summed E-state index contributed by atoms with van der Waals surface area (Å²) >= 11 is 6.16. The zero-order chi connectivity index (χ0) is 24.0. The van der Waals surface area contributed by atoms with Crippen LogP contribution in [0.25, 0.3) is 0 Å². The second-order valence-corrected chi connectivity index (χ2v) is 8.06. The Labute approximate surface area is 199 Å². The molecule has 1 N–H and O–H groups in total. The molecule has 1 amide bonds. The van der Waals surface area contributed by atoms with Gasteiger partial charge in [0, 0.05) is 23.3 Å². The highest BCUT2D eigenvalue weighted by molar-refractivity contribution is 6.32. The van der Waals surface area contributed by atoms with Crippen LogP contribution < -0.4 is 24.3 Å². The van der Waals surface area contributed by atoms with Gasteiger partial charge in [-0.3, -0.25) is 4.79 Å². The summed E-state index contributed by atoms with van der Waals surface area (Å²) in [5.41, 5.74) is 2.77. The first kappa shape index (κ1) is 24.3. The van der Waals surface area contributed by atoms with Gasteiger partial charge in [-0.05, 0) is 35.7 Å². The number of nitrogens with one attached hydrogen (secondary N) is 1. The van der Waals surface area contributed by atoms with Gasteiger partial charge in [0.25, 0.3) is 5.91 Å². The number of carbonyl (C=O) groups is 1. The highest BCUT2D eigenvalue weighted by Gasteiger charge is 2.16. The van der Waals surface area contributed by atoms with E-state index in [0.717, 1.165) is 16.9 Å². The normalized spacial score (nSPS) is 10.6. The lowest BCUT2D eigenvalue weighted by atomic mass is 10.0. The van der Waals surface area contributed by atoms with Crippen molar-refractivity contribution in [3.05, 3.63) is 76.3 Å². The molecule has 0 atom stereocenters. The van der Waals surface area contributed by atoms with Crippen LogP contribution >= 0.6 is 11.6 Å². The summed E-state index contributed by atoms with van der Waals surface area (Å²) in [6, 6.07) is 16.3. The fourth-order valence-electron chi connectivity index (χ4n) is 3.43. The van der Waals surface area contributed by atoms with Gasteiger partial charge in [0.05, 0.1) is 32.0 Å². The molecule has 33 heavy (non-hydrogen) atoms. The van der Waals surface area contributed by atoms with E-state index in [1.807, 2.05) is 18.2 Å². The zero-order valence-corrected chi connectivity index (χ0v) is 20.2. The van der Waals surface area contributed by atoms with Crippen LogP contribution in [0.2, 0.25) is 5.02 Å². The summed E-state index contributed by atoms with van der Waals surface area (Å²) in [6.07, 6.45) is 0. The number of ether oxygens (including phenoxy) is 4. The molecule has 0 spiro atoms. The molecule has 3 rings (SSSR count). The molecule has 6 nitrogen and oxygen atoms in total. The lowest BCUT2D eigenvalue weighted by Gasteiger charge is -2.16. The third-order valence-electron chi connectivity index (χ3n) is 5.19. The predicted molar refractivity (Wildman–Crippen MR) is 130 cm³/mol. The van der Waals surface area contributed by atoms with Crippen molar-refractivity contribution in [2.75, 3.05) is 26.6 Å². The Balaban J connectivity index is 1.84. The minimum absolute atomic E-state index is 0.256. The van der Waals surface area contributed by atoms with E-state index in [0.29, 0.717) is 39.4 Å². The van der Waals surface area contributed by atoms with Crippen molar-refractivity contribution in [1.29, 1.82) is 0 Å². The monoisotopic (exact) mass is 469 g/mol. The van der Waals surface area contributed by atoms with Crippen molar-refractivity contribution in [2.24, 2.45) is 0 Å². The summed E-state index contributed by atoms with van der Waals surface area (Å²) in [7, 11) is 4.60. The first-order chi connectivity index (χ1) is 15.9. The van der Waals surface area contributed by atoms with Crippen molar-refractivity contribution >= 4 is 23.2 Å². The molecule has 0 saturated carbocycles. The van der Waals surface area contributed by atoms with E-state index in [-0.39, 0.29) is 12.5 Å². The second-order valence-electron chi connectivity index (χ2n) is 7.65. The number of benzene rings is 3. The highest BCUT2D eigenvalue weighted by Crippen LogP contribution is 2.36. The van der Waals surface area contributed by atoms with Crippen LogP contribution in [0, 0.1) is 0 Å². The van der Waals surface area contributed by atoms with E-state index < -0.39 is 0 Å². The molecule has 0 unspecified atom stereocenters. The Bertz CT molecular complexity index is 1130. The van der Waals surface area contributed by atoms with Crippen molar-refractivity contribution in [3.8, 4) is 23.0 Å². The summed E-state index contributed by atoms with van der Waals surface area (Å²) in [4.78, 5) is 13.0. The topological polar surface area (TPSA) is 66.0 Å². The molecular weight excluding hydrogens is 442 g/mol. The first-order valence-electron chi connectivity index (χ1n) is 10.5. The van der Waals surface area contributed by atoms with E-state index in [2.05, 4.69) is 25.2 Å². The molecule has 0 bridgehead atoms. The van der Waals surface area contributed by atoms with Gasteiger partial charge in [-0.1, -0.05) is 43.6 Å². The molecule has 0 aromatic heterocycles. The molecule has 174 valence electrons. The summed E-state index contributed by atoms with van der Waals surface area (Å²) in [6.45, 7) is 4.49. The van der Waals surface area contributed by atoms with Gasteiger partial charge in [-0.25, -0.2) is 0 Å². The fraction of sp³-hybridized carbons (Fsp3) is 0.269. The Morgan fingerprint density at radius 2 is 1.58 bits per heavy atom. The SMILES string of the molecule is COc1cc(NC(=O)c2ccc(OC)c(COc3ccccc3C(C)C)c2)c(OC)cc1Cl. The van der Waals surface area contributed by atoms with Crippen molar-refractivity contribution < 1.29 is 23.7 Å². The minimum Gasteiger partial charge on any atom is -0.496 e. The molecule has 0 aliphatic heterocycles. The predicted octanol–water partition coefficient (Wildman–Crippen LogP) is 6.32. The average molecular weight is 470 g/mol. The van der Waals surface area contributed by atoms with E-state index in [1.54, 1.807) is 37.4 Å². The average Bonchev–Trinajstić information content (AvgIpc) is 2.83. The largest absolute Gasteiger partial charge is 0.496 e. The van der Waals surface area contributed by atoms with Gasteiger partial charge >= 0.3 is 0 Å². The number of halogens is 1. The molecule has 0 aliphatic rings. The van der Waals surface area contributed by atoms with Crippen LogP contribution in [0.4, 0.5) is 5.69 Å². The van der Waals surface area contributed by atoms with Crippen LogP contribution in [-0.4, -0.2) is 27.2 Å². The van der Waals surface area contributed by atoms with Gasteiger partial charge in [0.1, 0.15) is 29.6 Å². The zero-order valence-electron chi connectivity index (χ0n) is 19.4. The molecule has 0 saturated heterocycles. The Morgan fingerprint density at radius 3 is 2.24 bits per heavy atom. The van der Waals surface area contributed by atoms with Crippen LogP contribution in [0.1, 0.15) is 41.3 Å². The number of anilines is 1. The Kier molecular flexibility index (Phi) is 8.06. The number of rotatable bonds is 9. The number of para-hydroxylation sites is 1. The Morgan fingerprint density at radius 1 is 0.879 bits per heavy atom. The quantitative estimate of drug-likeness (QED) is 0.397. The van der Waals surface area contributed by atoms with Gasteiger partial charge in [0.15, 0.2) is 0 Å². The van der Waals surface area contributed by atoms with Gasteiger partial charge in [-0.2, -0.15) is 0 Å². The Hall–Kier alpha value is -3.38. The first-order valence-corrected chi connectivity index (χ1v) is 10.9. The van der Waals surface area contributed by atoms with Gasteiger partial charge in [-0.15, -0.1) is 0 Å². The van der Waals surface area contributed by atoms with Crippen molar-refractivity contribution in [2.45, 2.75) is 26.4 Å². The number of methoxy groups -OCH3 is 3. The maximum atomic E-state index is 13.0. The minimum atomic E-state index is -0.316. The number of hydrogen-bond donors (Lipinski definition) is 1. The van der Waals surface area contributed by atoms with Crippen LogP contribution in [0.3, 0.4) is 0 Å². The molecular formula is C26H28ClNO5. The lowest BCUT2D eigenvalue weighted by Crippen LogP contribution is -2.14. The molecule has 0 fully saturated rings. The lowest BCUT2D eigenvalue weighted by molar-refractivity contribution is 0.102. The van der Waals surface area contributed by atoms with Crippen LogP contribution in [-0.2, 0) is 6.61 Å². The molecule has 0 aliphatic carbocycles. The number of amides is 1. The summed E-state index contributed by atoms with van der Waals surface area (Å²) in [5, 5.41) is 3.24. The molecule has 3 aromatic carbocycles. The second kappa shape index (κ2) is 11.0. The van der Waals surface area contributed by atoms with E-state index in [9.17, 15) is 4.79 Å². The van der Waals surface area contributed by atoms with E-state index in [1.165, 1.54) is 14.2 Å². The van der Waals surface area contributed by atoms with E-state index in [4.69, 9.17) is 30.5 Å². The fourth-order valence-corrected chi connectivity index (χ4v) is 3.66. The molecule has 0 radical (unpaired) electrons. The number of carbonyl (C=O) groups excluding carboxylic acids is 1. The van der Waals surface area contributed by atoms with E-state index >= 15 is 0 Å². The van der Waals surface area contributed by atoms with Crippen LogP contribution in [0.5, 0.6) is 23.0 Å². The van der Waals surface area contributed by atoms with Gasteiger partial charge < -0.3 is 24.3 Å².